The number of piperidine rings is 1. The Morgan fingerprint density at radius 3 is 2.19 bits per heavy atom. The van der Waals surface area contributed by atoms with Gasteiger partial charge in [0.25, 0.3) is 0 Å². The molecule has 2 aliphatic heterocycles. The Labute approximate surface area is 156 Å². The Hall–Kier alpha value is -1.19. The number of hydrogen-bond donors (Lipinski definition) is 1. The Morgan fingerprint density at radius 1 is 1.04 bits per heavy atom. The van der Waals surface area contributed by atoms with Crippen LogP contribution in [0.4, 0.5) is 0 Å². The Balaban J connectivity index is 1.71. The summed E-state index contributed by atoms with van der Waals surface area (Å²) in [6.07, 6.45) is 4.45. The van der Waals surface area contributed by atoms with Crippen molar-refractivity contribution in [2.75, 3.05) is 58.6 Å². The first-order valence-corrected chi connectivity index (χ1v) is 11.4. The SMILES string of the molecule is CCCCNC(=O)CN1CCN(C(=O)C2CCN(S(C)(=O)=O)CC2)CC1. The maximum Gasteiger partial charge on any atom is 0.234 e. The first-order chi connectivity index (χ1) is 12.3. The van der Waals surface area contributed by atoms with Crippen molar-refractivity contribution in [3.63, 3.8) is 0 Å². The van der Waals surface area contributed by atoms with Crippen LogP contribution < -0.4 is 5.32 Å². The van der Waals surface area contributed by atoms with Crippen molar-refractivity contribution in [2.24, 2.45) is 5.92 Å². The highest BCUT2D eigenvalue weighted by Gasteiger charge is 2.32. The van der Waals surface area contributed by atoms with Crippen LogP contribution >= 0.6 is 0 Å². The number of unbranched alkanes of at least 4 members (excludes halogenated alkanes) is 1. The van der Waals surface area contributed by atoms with E-state index in [2.05, 4.69) is 17.1 Å². The third-order valence-corrected chi connectivity index (χ3v) is 6.48. The molecule has 1 N–H and O–H groups in total. The molecule has 0 aromatic carbocycles. The fraction of sp³-hybridized carbons (Fsp3) is 0.882. The minimum Gasteiger partial charge on any atom is -0.355 e. The number of nitrogens with zero attached hydrogens (tertiary/aromatic N) is 3. The van der Waals surface area contributed by atoms with Gasteiger partial charge in [-0.1, -0.05) is 13.3 Å². The lowest BCUT2D eigenvalue weighted by atomic mass is 9.96. The van der Waals surface area contributed by atoms with Gasteiger partial charge in [0.05, 0.1) is 12.8 Å². The van der Waals surface area contributed by atoms with Gasteiger partial charge in [-0.3, -0.25) is 14.5 Å². The fourth-order valence-electron chi connectivity index (χ4n) is 3.48. The number of carbonyl (C=O) groups is 2. The summed E-state index contributed by atoms with van der Waals surface area (Å²) in [6.45, 7) is 6.72. The number of carbonyl (C=O) groups excluding carboxylic acids is 2. The molecule has 2 heterocycles. The number of nitrogens with one attached hydrogen (secondary N) is 1. The van der Waals surface area contributed by atoms with Crippen LogP contribution in [0.15, 0.2) is 0 Å². The van der Waals surface area contributed by atoms with Crippen LogP contribution in [0.3, 0.4) is 0 Å². The van der Waals surface area contributed by atoms with Gasteiger partial charge in [0.15, 0.2) is 0 Å². The molecule has 0 aromatic rings. The third-order valence-electron chi connectivity index (χ3n) is 5.18. The molecule has 0 aliphatic carbocycles. The molecule has 0 atom stereocenters. The van der Waals surface area contributed by atoms with E-state index in [0.29, 0.717) is 58.7 Å². The molecule has 0 saturated carbocycles. The zero-order chi connectivity index (χ0) is 19.2. The molecule has 2 saturated heterocycles. The largest absolute Gasteiger partial charge is 0.355 e. The number of amides is 2. The number of hydrogen-bond acceptors (Lipinski definition) is 5. The minimum atomic E-state index is -3.16. The van der Waals surface area contributed by atoms with Crippen molar-refractivity contribution in [3.8, 4) is 0 Å². The van der Waals surface area contributed by atoms with Gasteiger partial charge in [-0.25, -0.2) is 12.7 Å². The Bertz CT molecular complexity index is 580. The van der Waals surface area contributed by atoms with E-state index >= 15 is 0 Å². The first-order valence-electron chi connectivity index (χ1n) is 9.54. The summed E-state index contributed by atoms with van der Waals surface area (Å²) in [6, 6.07) is 0. The third kappa shape index (κ3) is 6.21. The molecule has 9 heteroatoms. The number of rotatable bonds is 7. The highest BCUT2D eigenvalue weighted by atomic mass is 32.2. The van der Waals surface area contributed by atoms with Crippen LogP contribution in [-0.4, -0.2) is 93.0 Å². The maximum atomic E-state index is 12.7. The molecule has 2 aliphatic rings. The van der Waals surface area contributed by atoms with Crippen LogP contribution in [0, 0.1) is 5.92 Å². The Morgan fingerprint density at radius 2 is 1.65 bits per heavy atom. The van der Waals surface area contributed by atoms with E-state index in [0.717, 1.165) is 19.4 Å². The lowest BCUT2D eigenvalue weighted by molar-refractivity contribution is -0.138. The van der Waals surface area contributed by atoms with Crippen LogP contribution in [0.1, 0.15) is 32.6 Å². The second-order valence-corrected chi connectivity index (χ2v) is 9.22. The van der Waals surface area contributed by atoms with Crippen LogP contribution in [0.2, 0.25) is 0 Å². The van der Waals surface area contributed by atoms with E-state index in [1.54, 1.807) is 0 Å². The summed E-state index contributed by atoms with van der Waals surface area (Å²) in [5, 5.41) is 2.92. The molecule has 2 fully saturated rings. The smallest absolute Gasteiger partial charge is 0.234 e. The molecule has 2 amide bonds. The molecule has 26 heavy (non-hydrogen) atoms. The van der Waals surface area contributed by atoms with Gasteiger partial charge in [0.2, 0.25) is 21.8 Å². The van der Waals surface area contributed by atoms with Crippen LogP contribution in [0.25, 0.3) is 0 Å². The van der Waals surface area contributed by atoms with Gasteiger partial charge in [0.1, 0.15) is 0 Å². The summed E-state index contributed by atoms with van der Waals surface area (Å²) in [4.78, 5) is 28.5. The van der Waals surface area contributed by atoms with E-state index in [-0.39, 0.29) is 17.7 Å². The summed E-state index contributed by atoms with van der Waals surface area (Å²) in [7, 11) is -3.16. The molecule has 2 rings (SSSR count). The molecule has 150 valence electrons. The lowest BCUT2D eigenvalue weighted by Gasteiger charge is -2.38. The van der Waals surface area contributed by atoms with Gasteiger partial charge in [-0.2, -0.15) is 0 Å². The topological polar surface area (TPSA) is 90.0 Å². The van der Waals surface area contributed by atoms with E-state index in [9.17, 15) is 18.0 Å². The molecule has 0 bridgehead atoms. The van der Waals surface area contributed by atoms with E-state index < -0.39 is 10.0 Å². The quantitative estimate of drug-likeness (QED) is 0.606. The predicted molar refractivity (Wildman–Crippen MR) is 100 cm³/mol. The van der Waals surface area contributed by atoms with E-state index in [1.807, 2.05) is 4.90 Å². The lowest BCUT2D eigenvalue weighted by Crippen LogP contribution is -2.53. The van der Waals surface area contributed by atoms with Crippen molar-refractivity contribution in [3.05, 3.63) is 0 Å². The molecule has 0 aromatic heterocycles. The van der Waals surface area contributed by atoms with Crippen molar-refractivity contribution in [1.29, 1.82) is 0 Å². The van der Waals surface area contributed by atoms with E-state index in [4.69, 9.17) is 0 Å². The van der Waals surface area contributed by atoms with Crippen molar-refractivity contribution in [2.45, 2.75) is 32.6 Å². The van der Waals surface area contributed by atoms with Gasteiger partial charge >= 0.3 is 0 Å². The standard InChI is InChI=1S/C17H32N4O4S/c1-3-4-7-18-16(22)14-19-10-12-20(13-11-19)17(23)15-5-8-21(9-6-15)26(2,24)25/h15H,3-14H2,1-2H3,(H,18,22). The van der Waals surface area contributed by atoms with Crippen molar-refractivity contribution >= 4 is 21.8 Å². The minimum absolute atomic E-state index is 0.0476. The van der Waals surface area contributed by atoms with Gasteiger partial charge < -0.3 is 10.2 Å². The predicted octanol–water partition coefficient (Wildman–Crippen LogP) is -0.281. The van der Waals surface area contributed by atoms with Crippen LogP contribution in [-0.2, 0) is 19.6 Å². The Kier molecular flexibility index (Phi) is 7.85. The molecule has 0 radical (unpaired) electrons. The summed E-state index contributed by atoms with van der Waals surface area (Å²) < 4.78 is 24.6. The fourth-order valence-corrected chi connectivity index (χ4v) is 4.36. The average Bonchev–Trinajstić information content (AvgIpc) is 2.61. The second-order valence-electron chi connectivity index (χ2n) is 7.24. The normalized spacial score (nSPS) is 20.9. The van der Waals surface area contributed by atoms with Gasteiger partial charge in [-0.15, -0.1) is 0 Å². The molecule has 0 spiro atoms. The summed E-state index contributed by atoms with van der Waals surface area (Å²) in [5.74, 6) is 0.0912. The zero-order valence-electron chi connectivity index (χ0n) is 15.9. The summed E-state index contributed by atoms with van der Waals surface area (Å²) in [5.41, 5.74) is 0. The molecular formula is C17H32N4O4S. The second kappa shape index (κ2) is 9.66. The highest BCUT2D eigenvalue weighted by molar-refractivity contribution is 7.88. The van der Waals surface area contributed by atoms with E-state index in [1.165, 1.54) is 10.6 Å². The van der Waals surface area contributed by atoms with Gasteiger partial charge in [-0.05, 0) is 19.3 Å². The number of sulfonamides is 1. The highest BCUT2D eigenvalue weighted by Crippen LogP contribution is 2.22. The van der Waals surface area contributed by atoms with Crippen molar-refractivity contribution in [1.82, 2.24) is 19.4 Å². The average molecular weight is 389 g/mol. The van der Waals surface area contributed by atoms with Crippen molar-refractivity contribution < 1.29 is 18.0 Å². The molecule has 8 nitrogen and oxygen atoms in total. The summed E-state index contributed by atoms with van der Waals surface area (Å²) >= 11 is 0. The molecular weight excluding hydrogens is 356 g/mol. The monoisotopic (exact) mass is 388 g/mol. The zero-order valence-corrected chi connectivity index (χ0v) is 16.8. The maximum absolute atomic E-state index is 12.7. The van der Waals surface area contributed by atoms with Crippen LogP contribution in [0.5, 0.6) is 0 Å². The van der Waals surface area contributed by atoms with Gasteiger partial charge in [0, 0.05) is 51.7 Å². The number of piperazine rings is 1. The molecule has 0 unspecified atom stereocenters. The first kappa shape index (κ1) is 21.1.